The number of hydrogen-bond donors (Lipinski definition) is 0. The fraction of sp³-hybridized carbons (Fsp3) is 0.0476. The molecular formula is C42H32N4O2. The second kappa shape index (κ2) is 12.4. The van der Waals surface area contributed by atoms with E-state index in [4.69, 9.17) is 19.4 Å². The van der Waals surface area contributed by atoms with Crippen LogP contribution in [0.4, 0.5) is 34.4 Å². The molecule has 0 N–H and O–H groups in total. The smallest absolute Gasteiger partial charge is 0.163 e. The molecule has 2 aromatic heterocycles. The van der Waals surface area contributed by atoms with Crippen LogP contribution in [0.15, 0.2) is 158 Å². The van der Waals surface area contributed by atoms with E-state index in [0.29, 0.717) is 5.65 Å². The number of anilines is 6. The van der Waals surface area contributed by atoms with Crippen molar-refractivity contribution >= 4 is 67.0 Å². The van der Waals surface area contributed by atoms with Gasteiger partial charge >= 0.3 is 0 Å². The average Bonchev–Trinajstić information content (AvgIpc) is 3.15. The molecule has 0 unspecified atom stereocenters. The van der Waals surface area contributed by atoms with Crippen LogP contribution < -0.4 is 19.3 Å². The third-order valence-electron chi connectivity index (χ3n) is 8.66. The first-order valence-corrected chi connectivity index (χ1v) is 15.8. The van der Waals surface area contributed by atoms with Crippen LogP contribution in [0.1, 0.15) is 0 Å². The zero-order chi connectivity index (χ0) is 32.5. The monoisotopic (exact) mass is 624 g/mol. The summed E-state index contributed by atoms with van der Waals surface area (Å²) in [6, 6.07) is 54.0. The van der Waals surface area contributed by atoms with Gasteiger partial charge < -0.3 is 9.47 Å². The van der Waals surface area contributed by atoms with Gasteiger partial charge in [-0.05, 0) is 95.7 Å². The summed E-state index contributed by atoms with van der Waals surface area (Å²) < 4.78 is 11.0. The standard InChI is InChI=1S/C42H32N4O2/c1-47-34-23-19-32(20-24-34)45(38-15-7-11-29-9-3-5-13-36(29)38)40-27-17-31-18-28-41(44-42(31)43-40)46(33-21-25-35(48-2)26-22-33)39-16-8-12-30-10-4-6-14-37(30)39/h3-28H,1-2H3. The minimum absolute atomic E-state index is 0.641. The number of ether oxygens (including phenoxy) is 2. The molecule has 48 heavy (non-hydrogen) atoms. The SMILES string of the molecule is COc1ccc(N(c2ccc3ccc(N(c4ccc(OC)cc4)c4cccc5ccccc45)nc3n2)c2cccc3ccccc23)cc1. The number of pyridine rings is 2. The molecule has 0 aliphatic heterocycles. The molecule has 8 aromatic rings. The van der Waals surface area contributed by atoms with Gasteiger partial charge in [0.15, 0.2) is 5.65 Å². The number of nitrogens with zero attached hydrogens (tertiary/aromatic N) is 4. The summed E-state index contributed by atoms with van der Waals surface area (Å²) in [6.07, 6.45) is 0. The fourth-order valence-electron chi connectivity index (χ4n) is 6.29. The molecule has 0 spiro atoms. The number of rotatable bonds is 8. The summed E-state index contributed by atoms with van der Waals surface area (Å²) in [6.45, 7) is 0. The van der Waals surface area contributed by atoms with Crippen LogP contribution >= 0.6 is 0 Å². The van der Waals surface area contributed by atoms with Gasteiger partial charge in [0.25, 0.3) is 0 Å². The molecule has 2 heterocycles. The molecule has 0 saturated carbocycles. The first-order valence-electron chi connectivity index (χ1n) is 15.8. The lowest BCUT2D eigenvalue weighted by Crippen LogP contribution is -2.14. The lowest BCUT2D eigenvalue weighted by atomic mass is 10.1. The highest BCUT2D eigenvalue weighted by atomic mass is 16.5. The van der Waals surface area contributed by atoms with E-state index < -0.39 is 0 Å². The predicted molar refractivity (Wildman–Crippen MR) is 197 cm³/mol. The number of aromatic nitrogens is 2. The number of methoxy groups -OCH3 is 2. The third-order valence-corrected chi connectivity index (χ3v) is 8.66. The van der Waals surface area contributed by atoms with E-state index in [1.807, 2.05) is 24.3 Å². The van der Waals surface area contributed by atoms with Gasteiger partial charge in [0.1, 0.15) is 23.1 Å². The predicted octanol–water partition coefficient (Wildman–Crippen LogP) is 10.9. The molecule has 6 nitrogen and oxygen atoms in total. The van der Waals surface area contributed by atoms with E-state index >= 15 is 0 Å². The van der Waals surface area contributed by atoms with Crippen molar-refractivity contribution in [3.8, 4) is 11.5 Å². The molecule has 8 rings (SSSR count). The summed E-state index contributed by atoms with van der Waals surface area (Å²) in [5.74, 6) is 3.10. The Morgan fingerprint density at radius 3 is 1.25 bits per heavy atom. The molecular weight excluding hydrogens is 592 g/mol. The molecule has 0 aliphatic carbocycles. The fourth-order valence-corrected chi connectivity index (χ4v) is 6.29. The van der Waals surface area contributed by atoms with Crippen molar-refractivity contribution in [2.24, 2.45) is 0 Å². The molecule has 0 fully saturated rings. The highest BCUT2D eigenvalue weighted by molar-refractivity contribution is 6.00. The van der Waals surface area contributed by atoms with Gasteiger partial charge in [0.2, 0.25) is 0 Å². The van der Waals surface area contributed by atoms with Crippen molar-refractivity contribution in [2.45, 2.75) is 0 Å². The van der Waals surface area contributed by atoms with E-state index in [2.05, 4.69) is 143 Å². The largest absolute Gasteiger partial charge is 0.497 e. The van der Waals surface area contributed by atoms with Crippen LogP contribution in [-0.2, 0) is 0 Å². The van der Waals surface area contributed by atoms with Gasteiger partial charge in [-0.3, -0.25) is 9.80 Å². The van der Waals surface area contributed by atoms with Gasteiger partial charge in [-0.15, -0.1) is 0 Å². The molecule has 0 atom stereocenters. The Kier molecular flexibility index (Phi) is 7.51. The van der Waals surface area contributed by atoms with E-state index in [9.17, 15) is 0 Å². The quantitative estimate of drug-likeness (QED) is 0.168. The first kappa shape index (κ1) is 29.0. The lowest BCUT2D eigenvalue weighted by Gasteiger charge is -2.27. The summed E-state index contributed by atoms with van der Waals surface area (Å²) in [5.41, 5.74) is 4.62. The molecule has 6 heteroatoms. The van der Waals surface area contributed by atoms with E-state index in [-0.39, 0.29) is 0 Å². The van der Waals surface area contributed by atoms with Crippen molar-refractivity contribution in [3.05, 3.63) is 158 Å². The highest BCUT2D eigenvalue weighted by Crippen LogP contribution is 2.41. The number of benzene rings is 6. The van der Waals surface area contributed by atoms with E-state index in [0.717, 1.165) is 72.8 Å². The molecule has 0 saturated heterocycles. The van der Waals surface area contributed by atoms with E-state index in [1.165, 1.54) is 0 Å². The van der Waals surface area contributed by atoms with Crippen LogP contribution in [0, 0.1) is 0 Å². The second-order valence-electron chi connectivity index (χ2n) is 11.4. The third kappa shape index (κ3) is 5.29. The Hall–Kier alpha value is -6.40. The second-order valence-corrected chi connectivity index (χ2v) is 11.4. The normalized spacial score (nSPS) is 11.1. The maximum absolute atomic E-state index is 5.48. The number of fused-ring (bicyclic) bond motifs is 3. The Morgan fingerprint density at radius 2 is 0.812 bits per heavy atom. The topological polar surface area (TPSA) is 50.7 Å². The number of hydrogen-bond acceptors (Lipinski definition) is 6. The van der Waals surface area contributed by atoms with Gasteiger partial charge in [0.05, 0.1) is 25.6 Å². The van der Waals surface area contributed by atoms with Crippen LogP contribution in [-0.4, -0.2) is 24.2 Å². The van der Waals surface area contributed by atoms with Crippen molar-refractivity contribution in [3.63, 3.8) is 0 Å². The maximum atomic E-state index is 5.48. The van der Waals surface area contributed by atoms with Crippen molar-refractivity contribution in [1.82, 2.24) is 9.97 Å². The molecule has 0 radical (unpaired) electrons. The van der Waals surface area contributed by atoms with Gasteiger partial charge in [-0.1, -0.05) is 72.8 Å². The highest BCUT2D eigenvalue weighted by Gasteiger charge is 2.20. The average molecular weight is 625 g/mol. The van der Waals surface area contributed by atoms with E-state index in [1.54, 1.807) is 14.2 Å². The van der Waals surface area contributed by atoms with Crippen LogP contribution in [0.3, 0.4) is 0 Å². The zero-order valence-electron chi connectivity index (χ0n) is 26.6. The lowest BCUT2D eigenvalue weighted by molar-refractivity contribution is 0.414. The molecule has 232 valence electrons. The zero-order valence-corrected chi connectivity index (χ0v) is 26.6. The maximum Gasteiger partial charge on any atom is 0.163 e. The summed E-state index contributed by atoms with van der Waals surface area (Å²) in [4.78, 5) is 14.8. The van der Waals surface area contributed by atoms with Gasteiger partial charge in [-0.2, -0.15) is 0 Å². The Bertz CT molecular complexity index is 2210. The molecule has 0 amide bonds. The van der Waals surface area contributed by atoms with Crippen LogP contribution in [0.25, 0.3) is 32.6 Å². The summed E-state index contributed by atoms with van der Waals surface area (Å²) in [5, 5.41) is 5.50. The Balaban J connectivity index is 1.31. The van der Waals surface area contributed by atoms with Crippen molar-refractivity contribution < 1.29 is 9.47 Å². The van der Waals surface area contributed by atoms with Crippen molar-refractivity contribution in [1.29, 1.82) is 0 Å². The van der Waals surface area contributed by atoms with Gasteiger partial charge in [0, 0.05) is 27.5 Å². The Morgan fingerprint density at radius 1 is 0.396 bits per heavy atom. The van der Waals surface area contributed by atoms with Crippen LogP contribution in [0.2, 0.25) is 0 Å². The Labute approximate surface area is 279 Å². The first-order chi connectivity index (χ1) is 23.7. The molecule has 0 aliphatic rings. The summed E-state index contributed by atoms with van der Waals surface area (Å²) >= 11 is 0. The van der Waals surface area contributed by atoms with Gasteiger partial charge in [-0.25, -0.2) is 9.97 Å². The van der Waals surface area contributed by atoms with Crippen LogP contribution in [0.5, 0.6) is 11.5 Å². The minimum atomic E-state index is 0.641. The molecule has 0 bridgehead atoms. The molecule has 6 aromatic carbocycles. The van der Waals surface area contributed by atoms with Crippen molar-refractivity contribution in [2.75, 3.05) is 24.0 Å². The summed E-state index contributed by atoms with van der Waals surface area (Å²) in [7, 11) is 3.36. The minimum Gasteiger partial charge on any atom is -0.497 e.